The number of carboxylic acid groups (broad SMARTS) is 1. The fraction of sp³-hybridized carbons (Fsp3) is 0.556. The number of nitrogens with zero attached hydrogens (tertiary/aromatic N) is 2. The highest BCUT2D eigenvalue weighted by Crippen LogP contribution is 2.37. The monoisotopic (exact) mass is 379 g/mol. The van der Waals surface area contributed by atoms with Crippen LogP contribution in [0.25, 0.3) is 0 Å². The number of hydrogen-bond acceptors (Lipinski definition) is 6. The van der Waals surface area contributed by atoms with Gasteiger partial charge in [0, 0.05) is 19.6 Å². The number of amides is 1. The van der Waals surface area contributed by atoms with Gasteiger partial charge in [-0.25, -0.2) is 9.10 Å². The van der Waals surface area contributed by atoms with Crippen LogP contribution in [0.1, 0.15) is 32.3 Å². The van der Waals surface area contributed by atoms with E-state index in [1.807, 2.05) is 39.5 Å². The molecule has 0 aliphatic carbocycles. The number of carbonyl (C=O) groups is 2. The SMILES string of the molecule is CC(C)C1NC2(CCN(SOC(=O)O)CC2)N(Cc2ccccc2)C1=O. The third-order valence-corrected chi connectivity index (χ3v) is 5.88. The molecule has 7 nitrogen and oxygen atoms in total. The van der Waals surface area contributed by atoms with Crippen LogP contribution in [0.3, 0.4) is 0 Å². The van der Waals surface area contributed by atoms with E-state index in [0.29, 0.717) is 19.6 Å². The maximum absolute atomic E-state index is 13.1. The van der Waals surface area contributed by atoms with Crippen molar-refractivity contribution in [1.82, 2.24) is 14.5 Å². The zero-order chi connectivity index (χ0) is 18.7. The van der Waals surface area contributed by atoms with Gasteiger partial charge in [0.15, 0.2) is 12.2 Å². The van der Waals surface area contributed by atoms with E-state index < -0.39 is 6.16 Å². The van der Waals surface area contributed by atoms with E-state index in [2.05, 4.69) is 23.3 Å². The van der Waals surface area contributed by atoms with Crippen LogP contribution in [0, 0.1) is 5.92 Å². The molecule has 0 saturated carbocycles. The molecule has 3 rings (SSSR count). The van der Waals surface area contributed by atoms with E-state index in [0.717, 1.165) is 30.6 Å². The van der Waals surface area contributed by atoms with Crippen molar-refractivity contribution in [3.63, 3.8) is 0 Å². The summed E-state index contributed by atoms with van der Waals surface area (Å²) in [6.45, 7) is 5.99. The molecule has 2 aliphatic heterocycles. The minimum absolute atomic E-state index is 0.145. The van der Waals surface area contributed by atoms with Gasteiger partial charge in [-0.2, -0.15) is 0 Å². The van der Waals surface area contributed by atoms with Gasteiger partial charge in [0.1, 0.15) is 0 Å². The summed E-state index contributed by atoms with van der Waals surface area (Å²) in [5.41, 5.74) is 0.722. The summed E-state index contributed by atoms with van der Waals surface area (Å²) < 4.78 is 6.48. The molecule has 1 spiro atoms. The van der Waals surface area contributed by atoms with Gasteiger partial charge in [0.25, 0.3) is 0 Å². The Labute approximate surface area is 158 Å². The largest absolute Gasteiger partial charge is 0.519 e. The Kier molecular flexibility index (Phi) is 5.74. The molecule has 1 aromatic carbocycles. The van der Waals surface area contributed by atoms with Crippen molar-refractivity contribution in [3.8, 4) is 0 Å². The first-order valence-electron chi connectivity index (χ1n) is 8.87. The van der Waals surface area contributed by atoms with Gasteiger partial charge in [0.05, 0.1) is 11.7 Å². The predicted octanol–water partition coefficient (Wildman–Crippen LogP) is 2.69. The molecule has 2 aliphatic rings. The first-order valence-corrected chi connectivity index (χ1v) is 9.57. The summed E-state index contributed by atoms with van der Waals surface area (Å²) in [6.07, 6.45) is 0.158. The molecule has 1 amide bonds. The second-order valence-corrected chi connectivity index (χ2v) is 7.99. The van der Waals surface area contributed by atoms with Gasteiger partial charge in [-0.15, -0.1) is 0 Å². The maximum atomic E-state index is 13.1. The second-order valence-electron chi connectivity index (χ2n) is 7.16. The third-order valence-electron chi connectivity index (χ3n) is 5.09. The summed E-state index contributed by atoms with van der Waals surface area (Å²) in [6, 6.07) is 9.83. The number of nitrogens with one attached hydrogen (secondary N) is 1. The molecule has 1 atom stereocenters. The van der Waals surface area contributed by atoms with Crippen LogP contribution in [-0.2, 0) is 15.5 Å². The molecule has 0 bridgehead atoms. The van der Waals surface area contributed by atoms with Crippen molar-refractivity contribution < 1.29 is 18.9 Å². The lowest BCUT2D eigenvalue weighted by molar-refractivity contribution is -0.134. The Balaban J connectivity index is 1.74. The Morgan fingerprint density at radius 1 is 1.35 bits per heavy atom. The van der Waals surface area contributed by atoms with E-state index >= 15 is 0 Å². The van der Waals surface area contributed by atoms with Gasteiger partial charge in [-0.1, -0.05) is 44.2 Å². The standard InChI is InChI=1S/C18H25N3O4S/c1-13(2)15-16(22)21(12-14-6-4-3-5-7-14)18(19-15)8-10-20(11-9-18)26-25-17(23)24/h3-7,13,15,19H,8-12H2,1-2H3,(H,23,24). The first-order chi connectivity index (χ1) is 12.4. The highest BCUT2D eigenvalue weighted by molar-refractivity contribution is 7.92. The van der Waals surface area contributed by atoms with Crippen LogP contribution in [0.5, 0.6) is 0 Å². The summed E-state index contributed by atoms with van der Waals surface area (Å²) in [5.74, 6) is 0.356. The topological polar surface area (TPSA) is 82.1 Å². The van der Waals surface area contributed by atoms with Crippen molar-refractivity contribution >= 4 is 24.3 Å². The van der Waals surface area contributed by atoms with Crippen molar-refractivity contribution in [1.29, 1.82) is 0 Å². The van der Waals surface area contributed by atoms with Crippen molar-refractivity contribution in [2.24, 2.45) is 5.92 Å². The zero-order valence-electron chi connectivity index (χ0n) is 15.1. The van der Waals surface area contributed by atoms with Crippen molar-refractivity contribution in [3.05, 3.63) is 35.9 Å². The van der Waals surface area contributed by atoms with Gasteiger partial charge < -0.3 is 14.2 Å². The molecule has 8 heteroatoms. The predicted molar refractivity (Wildman–Crippen MR) is 99.0 cm³/mol. The summed E-state index contributed by atoms with van der Waals surface area (Å²) in [5, 5.41) is 12.2. The Morgan fingerprint density at radius 2 is 2.00 bits per heavy atom. The van der Waals surface area contributed by atoms with E-state index in [-0.39, 0.29) is 23.5 Å². The minimum atomic E-state index is -1.30. The number of piperidine rings is 1. The van der Waals surface area contributed by atoms with Gasteiger partial charge in [-0.05, 0) is 24.3 Å². The summed E-state index contributed by atoms with van der Waals surface area (Å²) in [4.78, 5) is 25.6. The highest BCUT2D eigenvalue weighted by atomic mass is 32.2. The summed E-state index contributed by atoms with van der Waals surface area (Å²) in [7, 11) is 0. The number of carbonyl (C=O) groups excluding carboxylic acids is 1. The van der Waals surface area contributed by atoms with Crippen LogP contribution in [-0.4, -0.2) is 51.2 Å². The molecular formula is C18H25N3O4S. The van der Waals surface area contributed by atoms with E-state index in [9.17, 15) is 9.59 Å². The molecular weight excluding hydrogens is 354 g/mol. The molecule has 1 aromatic rings. The lowest BCUT2D eigenvalue weighted by atomic mass is 9.96. The maximum Gasteiger partial charge on any atom is 0.519 e. The fourth-order valence-corrected chi connectivity index (χ4v) is 4.19. The van der Waals surface area contributed by atoms with Crippen LogP contribution >= 0.6 is 12.2 Å². The zero-order valence-corrected chi connectivity index (χ0v) is 15.9. The van der Waals surface area contributed by atoms with Gasteiger partial charge in [-0.3, -0.25) is 10.1 Å². The van der Waals surface area contributed by atoms with Crippen molar-refractivity contribution in [2.45, 2.75) is 44.9 Å². The Hall–Kier alpha value is -1.77. The lowest BCUT2D eigenvalue weighted by Gasteiger charge is -2.43. The second kappa shape index (κ2) is 7.85. The van der Waals surface area contributed by atoms with E-state index in [1.165, 1.54) is 0 Å². The number of rotatable bonds is 5. The van der Waals surface area contributed by atoms with Gasteiger partial charge in [0.2, 0.25) is 5.91 Å². The molecule has 0 radical (unpaired) electrons. The smallest absolute Gasteiger partial charge is 0.449 e. The van der Waals surface area contributed by atoms with Crippen LogP contribution in [0.15, 0.2) is 30.3 Å². The molecule has 2 fully saturated rings. The average Bonchev–Trinajstić information content (AvgIpc) is 2.88. The first kappa shape index (κ1) is 19.0. The van der Waals surface area contributed by atoms with E-state index in [1.54, 1.807) is 0 Å². The van der Waals surface area contributed by atoms with E-state index in [4.69, 9.17) is 5.11 Å². The van der Waals surface area contributed by atoms with Gasteiger partial charge >= 0.3 is 6.16 Å². The molecule has 1 unspecified atom stereocenters. The van der Waals surface area contributed by atoms with Crippen LogP contribution in [0.2, 0.25) is 0 Å². The Morgan fingerprint density at radius 3 is 2.58 bits per heavy atom. The highest BCUT2D eigenvalue weighted by Gasteiger charge is 2.52. The third kappa shape index (κ3) is 3.97. The van der Waals surface area contributed by atoms with Crippen LogP contribution in [0.4, 0.5) is 4.79 Å². The molecule has 26 heavy (non-hydrogen) atoms. The average molecular weight is 379 g/mol. The molecule has 2 saturated heterocycles. The molecule has 2 N–H and O–H groups in total. The quantitative estimate of drug-likeness (QED) is 0.601. The molecule has 142 valence electrons. The molecule has 0 aromatic heterocycles. The fourth-order valence-electron chi connectivity index (χ4n) is 3.68. The normalized spacial score (nSPS) is 23.0. The molecule has 2 heterocycles. The summed E-state index contributed by atoms with van der Waals surface area (Å²) >= 11 is 0.863. The minimum Gasteiger partial charge on any atom is -0.449 e. The number of benzene rings is 1. The lowest BCUT2D eigenvalue weighted by Crippen LogP contribution is -2.58. The van der Waals surface area contributed by atoms with Crippen molar-refractivity contribution in [2.75, 3.05) is 13.1 Å². The Bertz CT molecular complexity index is 647. The van der Waals surface area contributed by atoms with Crippen LogP contribution < -0.4 is 5.32 Å². The number of hydrogen-bond donors (Lipinski definition) is 2.